The maximum absolute atomic E-state index is 8.96. The Morgan fingerprint density at radius 2 is 2.25 bits per heavy atom. The standard InChI is InChI=1S/C17H23N3/c1-3-17-16-9-19-8-15(16)11-20(17)10-14-5-4-13(7-18)6-12(14)2/h4-6,15-17,19H,3,8-11H2,1-2H3. The number of nitrogens with zero attached hydrogens (tertiary/aromatic N) is 2. The van der Waals surface area contributed by atoms with E-state index in [2.05, 4.69) is 36.2 Å². The quantitative estimate of drug-likeness (QED) is 0.915. The number of likely N-dealkylation sites (tertiary alicyclic amines) is 1. The molecular weight excluding hydrogens is 246 g/mol. The van der Waals surface area contributed by atoms with E-state index in [4.69, 9.17) is 5.26 Å². The molecule has 3 unspecified atom stereocenters. The van der Waals surface area contributed by atoms with Gasteiger partial charge in [0, 0.05) is 19.1 Å². The van der Waals surface area contributed by atoms with Gasteiger partial charge >= 0.3 is 0 Å². The monoisotopic (exact) mass is 269 g/mol. The topological polar surface area (TPSA) is 39.1 Å². The predicted octanol–water partition coefficient (Wildman–Crippen LogP) is 2.30. The van der Waals surface area contributed by atoms with Gasteiger partial charge in [0.2, 0.25) is 0 Å². The second-order valence-electron chi connectivity index (χ2n) is 6.24. The summed E-state index contributed by atoms with van der Waals surface area (Å²) in [6.07, 6.45) is 1.23. The van der Waals surface area contributed by atoms with Crippen LogP contribution < -0.4 is 5.32 Å². The van der Waals surface area contributed by atoms with Crippen molar-refractivity contribution < 1.29 is 0 Å². The molecule has 0 amide bonds. The van der Waals surface area contributed by atoms with Crippen LogP contribution in [-0.4, -0.2) is 30.6 Å². The van der Waals surface area contributed by atoms with Gasteiger partial charge < -0.3 is 5.32 Å². The van der Waals surface area contributed by atoms with Gasteiger partial charge in [0.1, 0.15) is 0 Å². The molecule has 3 rings (SSSR count). The molecule has 0 saturated carbocycles. The third-order valence-corrected chi connectivity index (χ3v) is 5.09. The number of nitriles is 1. The minimum atomic E-state index is 0.713. The van der Waals surface area contributed by atoms with E-state index in [-0.39, 0.29) is 0 Å². The maximum Gasteiger partial charge on any atom is 0.0991 e. The molecule has 1 aromatic rings. The van der Waals surface area contributed by atoms with Crippen LogP contribution in [0.4, 0.5) is 0 Å². The molecule has 0 radical (unpaired) electrons. The van der Waals surface area contributed by atoms with Gasteiger partial charge in [0.25, 0.3) is 0 Å². The number of rotatable bonds is 3. The van der Waals surface area contributed by atoms with Crippen molar-refractivity contribution in [1.82, 2.24) is 10.2 Å². The minimum absolute atomic E-state index is 0.713. The lowest BCUT2D eigenvalue weighted by atomic mass is 9.93. The zero-order chi connectivity index (χ0) is 14.1. The van der Waals surface area contributed by atoms with Crippen LogP contribution in [0.15, 0.2) is 18.2 Å². The second kappa shape index (κ2) is 5.55. The molecule has 2 aliphatic heterocycles. The molecule has 0 aliphatic carbocycles. The van der Waals surface area contributed by atoms with Crippen LogP contribution in [0.3, 0.4) is 0 Å². The molecule has 3 heteroatoms. The van der Waals surface area contributed by atoms with Gasteiger partial charge in [0.05, 0.1) is 11.6 Å². The summed E-state index contributed by atoms with van der Waals surface area (Å²) in [5.41, 5.74) is 3.38. The van der Waals surface area contributed by atoms with E-state index >= 15 is 0 Å². The lowest BCUT2D eigenvalue weighted by Crippen LogP contribution is -2.34. The Morgan fingerprint density at radius 3 is 2.95 bits per heavy atom. The van der Waals surface area contributed by atoms with Gasteiger partial charge in [-0.15, -0.1) is 0 Å². The molecule has 0 aromatic heterocycles. The molecule has 2 fully saturated rings. The van der Waals surface area contributed by atoms with Crippen molar-refractivity contribution in [1.29, 1.82) is 5.26 Å². The number of hydrogen-bond acceptors (Lipinski definition) is 3. The van der Waals surface area contributed by atoms with Crippen molar-refractivity contribution in [3.63, 3.8) is 0 Å². The first kappa shape index (κ1) is 13.6. The molecule has 2 aliphatic rings. The Kier molecular flexibility index (Phi) is 3.78. The third kappa shape index (κ3) is 2.34. The van der Waals surface area contributed by atoms with Crippen LogP contribution in [0, 0.1) is 30.1 Å². The molecule has 20 heavy (non-hydrogen) atoms. The minimum Gasteiger partial charge on any atom is -0.316 e. The number of nitrogens with one attached hydrogen (secondary N) is 1. The van der Waals surface area contributed by atoms with Crippen molar-refractivity contribution in [2.24, 2.45) is 11.8 Å². The Bertz CT molecular complexity index is 532. The first-order valence-corrected chi connectivity index (χ1v) is 7.67. The molecular formula is C17H23N3. The third-order valence-electron chi connectivity index (χ3n) is 5.09. The summed E-state index contributed by atoms with van der Waals surface area (Å²) < 4.78 is 0. The van der Waals surface area contributed by atoms with Crippen LogP contribution in [0.25, 0.3) is 0 Å². The van der Waals surface area contributed by atoms with Crippen LogP contribution in [0.5, 0.6) is 0 Å². The highest BCUT2D eigenvalue weighted by Crippen LogP contribution is 2.35. The van der Waals surface area contributed by atoms with E-state index in [0.717, 1.165) is 23.9 Å². The van der Waals surface area contributed by atoms with E-state index in [1.807, 2.05) is 12.1 Å². The molecule has 106 valence electrons. The highest BCUT2D eigenvalue weighted by atomic mass is 15.2. The average Bonchev–Trinajstić information content (AvgIpc) is 3.01. The molecule has 0 spiro atoms. The summed E-state index contributed by atoms with van der Waals surface area (Å²) in [4.78, 5) is 2.66. The lowest BCUT2D eigenvalue weighted by Gasteiger charge is -2.27. The summed E-state index contributed by atoms with van der Waals surface area (Å²) in [6.45, 7) is 9.05. The number of fused-ring (bicyclic) bond motifs is 1. The smallest absolute Gasteiger partial charge is 0.0991 e. The van der Waals surface area contributed by atoms with Crippen LogP contribution in [-0.2, 0) is 6.54 Å². The zero-order valence-corrected chi connectivity index (χ0v) is 12.4. The highest BCUT2D eigenvalue weighted by Gasteiger charge is 2.42. The molecule has 1 aromatic carbocycles. The van der Waals surface area contributed by atoms with Crippen molar-refractivity contribution in [3.05, 3.63) is 34.9 Å². The number of benzene rings is 1. The molecule has 1 N–H and O–H groups in total. The van der Waals surface area contributed by atoms with Gasteiger partial charge in [-0.2, -0.15) is 5.26 Å². The molecule has 0 bridgehead atoms. The summed E-state index contributed by atoms with van der Waals surface area (Å²) in [6, 6.07) is 9.02. The average molecular weight is 269 g/mol. The van der Waals surface area contributed by atoms with Crippen molar-refractivity contribution in [2.75, 3.05) is 19.6 Å². The number of hydrogen-bond donors (Lipinski definition) is 1. The largest absolute Gasteiger partial charge is 0.316 e. The molecule has 3 nitrogen and oxygen atoms in total. The van der Waals surface area contributed by atoms with Crippen molar-refractivity contribution in [2.45, 2.75) is 32.9 Å². The van der Waals surface area contributed by atoms with Gasteiger partial charge in [-0.1, -0.05) is 13.0 Å². The fourth-order valence-corrected chi connectivity index (χ4v) is 4.02. The summed E-state index contributed by atoms with van der Waals surface area (Å²) >= 11 is 0. The first-order valence-electron chi connectivity index (χ1n) is 7.67. The van der Waals surface area contributed by atoms with Crippen LogP contribution in [0.2, 0.25) is 0 Å². The Labute approximate surface area is 121 Å². The molecule has 2 heterocycles. The Morgan fingerprint density at radius 1 is 1.40 bits per heavy atom. The van der Waals surface area contributed by atoms with Gasteiger partial charge in [0.15, 0.2) is 0 Å². The second-order valence-corrected chi connectivity index (χ2v) is 6.24. The van der Waals surface area contributed by atoms with E-state index < -0.39 is 0 Å². The normalized spacial score (nSPS) is 29.4. The Balaban J connectivity index is 1.76. The van der Waals surface area contributed by atoms with Crippen molar-refractivity contribution in [3.8, 4) is 6.07 Å². The van der Waals surface area contributed by atoms with E-state index in [1.54, 1.807) is 0 Å². The predicted molar refractivity (Wildman–Crippen MR) is 80.2 cm³/mol. The van der Waals surface area contributed by atoms with E-state index in [1.165, 1.54) is 37.2 Å². The number of aryl methyl sites for hydroxylation is 1. The van der Waals surface area contributed by atoms with Crippen LogP contribution >= 0.6 is 0 Å². The van der Waals surface area contributed by atoms with E-state index in [9.17, 15) is 0 Å². The summed E-state index contributed by atoms with van der Waals surface area (Å²) in [5.74, 6) is 1.66. The maximum atomic E-state index is 8.96. The van der Waals surface area contributed by atoms with Gasteiger partial charge in [-0.05, 0) is 61.5 Å². The van der Waals surface area contributed by atoms with Crippen LogP contribution in [0.1, 0.15) is 30.0 Å². The molecule has 2 saturated heterocycles. The van der Waals surface area contributed by atoms with Gasteiger partial charge in [-0.3, -0.25) is 4.90 Å². The van der Waals surface area contributed by atoms with Crippen molar-refractivity contribution >= 4 is 0 Å². The van der Waals surface area contributed by atoms with E-state index in [0.29, 0.717) is 6.04 Å². The Hall–Kier alpha value is -1.37. The SMILES string of the molecule is CCC1C2CNCC2CN1Cc1ccc(C#N)cc1C. The summed E-state index contributed by atoms with van der Waals surface area (Å²) in [5, 5.41) is 12.5. The molecule has 3 atom stereocenters. The first-order chi connectivity index (χ1) is 9.72. The lowest BCUT2D eigenvalue weighted by molar-refractivity contribution is 0.210. The highest BCUT2D eigenvalue weighted by molar-refractivity contribution is 5.37. The summed E-state index contributed by atoms with van der Waals surface area (Å²) in [7, 11) is 0. The fourth-order valence-electron chi connectivity index (χ4n) is 4.02. The van der Waals surface area contributed by atoms with Gasteiger partial charge in [-0.25, -0.2) is 0 Å². The fraction of sp³-hybridized carbons (Fsp3) is 0.588. The zero-order valence-electron chi connectivity index (χ0n) is 12.4.